The first-order chi connectivity index (χ1) is 8.68. The van der Waals surface area contributed by atoms with Crippen molar-refractivity contribution < 1.29 is 9.90 Å². The van der Waals surface area contributed by atoms with Gasteiger partial charge < -0.3 is 10.8 Å². The third-order valence-corrected chi connectivity index (χ3v) is 4.08. The lowest BCUT2D eigenvalue weighted by Crippen LogP contribution is -2.30. The first-order valence-corrected chi connectivity index (χ1v) is 7.06. The number of hydrogen-bond acceptors (Lipinski definition) is 6. The molecule has 1 atom stereocenters. The lowest BCUT2D eigenvalue weighted by Gasteiger charge is -2.11. The zero-order valence-electron chi connectivity index (χ0n) is 10.0. The van der Waals surface area contributed by atoms with Crippen molar-refractivity contribution >= 4 is 17.7 Å². The van der Waals surface area contributed by atoms with E-state index in [9.17, 15) is 4.79 Å². The topological polar surface area (TPSA) is 107 Å². The maximum Gasteiger partial charge on any atom is 0.320 e. The Morgan fingerprint density at radius 3 is 2.94 bits per heavy atom. The van der Waals surface area contributed by atoms with Gasteiger partial charge in [-0.1, -0.05) is 24.6 Å². The summed E-state index contributed by atoms with van der Waals surface area (Å²) in [6.07, 6.45) is 5.09. The van der Waals surface area contributed by atoms with Crippen molar-refractivity contribution in [1.29, 1.82) is 0 Å². The number of thioether (sulfide) groups is 1. The Labute approximate surface area is 109 Å². The number of aromatic nitrogens is 4. The Morgan fingerprint density at radius 1 is 1.56 bits per heavy atom. The highest BCUT2D eigenvalue weighted by Crippen LogP contribution is 2.31. The summed E-state index contributed by atoms with van der Waals surface area (Å²) >= 11 is 1.47. The molecule has 3 N–H and O–H groups in total. The fraction of sp³-hybridized carbons (Fsp3) is 0.800. The molecular formula is C10H17N5O2S. The predicted octanol–water partition coefficient (Wildman–Crippen LogP) is 0.682. The largest absolute Gasteiger partial charge is 0.480 e. The molecule has 1 aliphatic rings. The highest BCUT2D eigenvalue weighted by Gasteiger charge is 2.21. The maximum absolute atomic E-state index is 10.6. The summed E-state index contributed by atoms with van der Waals surface area (Å²) in [7, 11) is 0. The summed E-state index contributed by atoms with van der Waals surface area (Å²) in [4.78, 5) is 10.6. The van der Waals surface area contributed by atoms with Crippen LogP contribution in [0.3, 0.4) is 0 Å². The van der Waals surface area contributed by atoms with E-state index < -0.39 is 12.0 Å². The van der Waals surface area contributed by atoms with Gasteiger partial charge in [0.25, 0.3) is 0 Å². The zero-order valence-corrected chi connectivity index (χ0v) is 10.8. The van der Waals surface area contributed by atoms with Gasteiger partial charge >= 0.3 is 5.97 Å². The van der Waals surface area contributed by atoms with Crippen molar-refractivity contribution in [2.45, 2.75) is 49.3 Å². The fourth-order valence-corrected chi connectivity index (χ4v) is 3.03. The lowest BCUT2D eigenvalue weighted by atomic mass is 10.2. The number of tetrazole rings is 1. The number of rotatable bonds is 6. The number of carbonyl (C=O) groups is 1. The number of carboxylic acids is 1. The summed E-state index contributed by atoms with van der Waals surface area (Å²) in [5.74, 6) is -0.355. The van der Waals surface area contributed by atoms with Crippen molar-refractivity contribution in [2.75, 3.05) is 5.75 Å². The Bertz CT molecular complexity index is 405. The SMILES string of the molecule is NC(CCSc1nnnn1C1CCCC1)C(=O)O. The van der Waals surface area contributed by atoms with Crippen LogP contribution >= 0.6 is 11.8 Å². The molecule has 1 saturated carbocycles. The van der Waals surface area contributed by atoms with Crippen LogP contribution in [-0.2, 0) is 4.79 Å². The molecule has 0 aliphatic heterocycles. The summed E-state index contributed by atoms with van der Waals surface area (Å²) in [5.41, 5.74) is 5.44. The van der Waals surface area contributed by atoms with Gasteiger partial charge in [-0.05, 0) is 29.7 Å². The molecule has 0 spiro atoms. The van der Waals surface area contributed by atoms with Crippen LogP contribution in [0.25, 0.3) is 0 Å². The Balaban J connectivity index is 1.86. The standard InChI is InChI=1S/C10H17N5O2S/c11-8(9(16)17)5-6-18-10-12-13-14-15(10)7-3-1-2-4-7/h7-8H,1-6,11H2,(H,16,17). The summed E-state index contributed by atoms with van der Waals surface area (Å²) in [6.45, 7) is 0. The summed E-state index contributed by atoms with van der Waals surface area (Å²) in [5, 5.41) is 21.1. The van der Waals surface area contributed by atoms with Gasteiger partial charge in [-0.15, -0.1) is 5.10 Å². The van der Waals surface area contributed by atoms with E-state index in [4.69, 9.17) is 10.8 Å². The normalized spacial score (nSPS) is 18.1. The molecular weight excluding hydrogens is 254 g/mol. The van der Waals surface area contributed by atoms with Crippen molar-refractivity contribution in [1.82, 2.24) is 20.2 Å². The van der Waals surface area contributed by atoms with Gasteiger partial charge in [0.05, 0.1) is 6.04 Å². The molecule has 2 rings (SSSR count). The van der Waals surface area contributed by atoms with Gasteiger partial charge in [0, 0.05) is 5.75 Å². The summed E-state index contributed by atoms with van der Waals surface area (Å²) < 4.78 is 1.87. The van der Waals surface area contributed by atoms with Gasteiger partial charge in [0.15, 0.2) is 0 Å². The third-order valence-electron chi connectivity index (χ3n) is 3.11. The monoisotopic (exact) mass is 271 g/mol. The van der Waals surface area contributed by atoms with E-state index in [0.29, 0.717) is 18.2 Å². The van der Waals surface area contributed by atoms with E-state index in [1.165, 1.54) is 24.6 Å². The smallest absolute Gasteiger partial charge is 0.320 e. The van der Waals surface area contributed by atoms with Crippen molar-refractivity contribution in [2.24, 2.45) is 5.73 Å². The molecule has 1 aromatic heterocycles. The second kappa shape index (κ2) is 6.14. The van der Waals surface area contributed by atoms with Crippen LogP contribution in [0.1, 0.15) is 38.1 Å². The van der Waals surface area contributed by atoms with Crippen molar-refractivity contribution in [3.8, 4) is 0 Å². The first kappa shape index (κ1) is 13.3. The van der Waals surface area contributed by atoms with Gasteiger partial charge in [0.2, 0.25) is 5.16 Å². The number of aliphatic carboxylic acids is 1. The molecule has 1 aliphatic carbocycles. The van der Waals surface area contributed by atoms with Crippen LogP contribution in [0.2, 0.25) is 0 Å². The highest BCUT2D eigenvalue weighted by atomic mass is 32.2. The Morgan fingerprint density at radius 2 is 2.28 bits per heavy atom. The van der Waals surface area contributed by atoms with Crippen LogP contribution in [0, 0.1) is 0 Å². The molecule has 7 nitrogen and oxygen atoms in total. The third kappa shape index (κ3) is 3.20. The predicted molar refractivity (Wildman–Crippen MR) is 66.3 cm³/mol. The van der Waals surface area contributed by atoms with E-state index in [1.807, 2.05) is 4.68 Å². The number of nitrogens with zero attached hydrogens (tertiary/aromatic N) is 4. The number of nitrogens with two attached hydrogens (primary N) is 1. The van der Waals surface area contributed by atoms with Gasteiger partial charge in [-0.25, -0.2) is 4.68 Å². The summed E-state index contributed by atoms with van der Waals surface area (Å²) in [6, 6.07) is -0.413. The minimum Gasteiger partial charge on any atom is -0.480 e. The molecule has 0 radical (unpaired) electrons. The highest BCUT2D eigenvalue weighted by molar-refractivity contribution is 7.99. The van der Waals surface area contributed by atoms with E-state index >= 15 is 0 Å². The zero-order chi connectivity index (χ0) is 13.0. The van der Waals surface area contributed by atoms with Crippen LogP contribution in [0.15, 0.2) is 5.16 Å². The Kier molecular flexibility index (Phi) is 4.54. The minimum atomic E-state index is -0.967. The molecule has 100 valence electrons. The molecule has 0 saturated heterocycles. The average Bonchev–Trinajstić information content (AvgIpc) is 2.98. The van der Waals surface area contributed by atoms with E-state index in [-0.39, 0.29) is 0 Å². The van der Waals surface area contributed by atoms with Crippen molar-refractivity contribution in [3.05, 3.63) is 0 Å². The van der Waals surface area contributed by atoms with E-state index in [1.54, 1.807) is 0 Å². The molecule has 0 bridgehead atoms. The fourth-order valence-electron chi connectivity index (χ4n) is 2.06. The molecule has 1 fully saturated rings. The second-order valence-electron chi connectivity index (χ2n) is 4.43. The molecule has 1 unspecified atom stereocenters. The van der Waals surface area contributed by atoms with E-state index in [2.05, 4.69) is 15.5 Å². The van der Waals surface area contributed by atoms with Gasteiger partial charge in [0.1, 0.15) is 6.04 Å². The molecule has 0 amide bonds. The molecule has 8 heteroatoms. The average molecular weight is 271 g/mol. The van der Waals surface area contributed by atoms with Crippen LogP contribution in [-0.4, -0.2) is 43.1 Å². The molecule has 1 heterocycles. The molecule has 18 heavy (non-hydrogen) atoms. The van der Waals surface area contributed by atoms with Crippen LogP contribution in [0.4, 0.5) is 0 Å². The number of hydrogen-bond donors (Lipinski definition) is 2. The van der Waals surface area contributed by atoms with Gasteiger partial charge in [-0.2, -0.15) is 0 Å². The number of carboxylic acid groups (broad SMARTS) is 1. The van der Waals surface area contributed by atoms with Crippen molar-refractivity contribution in [3.63, 3.8) is 0 Å². The minimum absolute atomic E-state index is 0.399. The van der Waals surface area contributed by atoms with E-state index in [0.717, 1.165) is 18.0 Å². The first-order valence-electron chi connectivity index (χ1n) is 6.07. The lowest BCUT2D eigenvalue weighted by molar-refractivity contribution is -0.138. The van der Waals surface area contributed by atoms with Crippen LogP contribution < -0.4 is 5.73 Å². The van der Waals surface area contributed by atoms with Gasteiger partial charge in [-0.3, -0.25) is 4.79 Å². The second-order valence-corrected chi connectivity index (χ2v) is 5.49. The quantitative estimate of drug-likeness (QED) is 0.733. The molecule has 0 aromatic carbocycles. The van der Waals surface area contributed by atoms with Crippen LogP contribution in [0.5, 0.6) is 0 Å². The molecule has 1 aromatic rings. The Hall–Kier alpha value is -1.15. The maximum atomic E-state index is 10.6.